The Balaban J connectivity index is 1.37. The quantitative estimate of drug-likeness (QED) is 0.153. The van der Waals surface area contributed by atoms with Gasteiger partial charge in [-0.2, -0.15) is 0 Å². The Hall–Kier alpha value is -4.62. The number of hydrogen-bond acceptors (Lipinski definition) is 8. The van der Waals surface area contributed by atoms with E-state index in [4.69, 9.17) is 22.1 Å². The normalized spacial score (nSPS) is 17.0. The zero-order valence-corrected chi connectivity index (χ0v) is 29.0. The van der Waals surface area contributed by atoms with Gasteiger partial charge in [-0.05, 0) is 80.2 Å². The molecule has 0 spiro atoms. The highest BCUT2D eigenvalue weighted by molar-refractivity contribution is 7.92. The Bertz CT molecular complexity index is 1910. The second-order valence-electron chi connectivity index (χ2n) is 12.3. The molecule has 0 fully saturated rings. The monoisotopic (exact) mass is 705 g/mol. The van der Waals surface area contributed by atoms with E-state index in [0.29, 0.717) is 41.6 Å². The van der Waals surface area contributed by atoms with Crippen LogP contribution in [0, 0.1) is 5.92 Å². The number of amides is 2. The van der Waals surface area contributed by atoms with Gasteiger partial charge in [0, 0.05) is 36.1 Å². The van der Waals surface area contributed by atoms with E-state index >= 15 is 0 Å². The third-order valence-electron chi connectivity index (χ3n) is 8.43. The lowest BCUT2D eigenvalue weighted by Gasteiger charge is -2.38. The Labute approximate surface area is 291 Å². The minimum Gasteiger partial charge on any atom is -0.486 e. The van der Waals surface area contributed by atoms with Gasteiger partial charge in [-0.1, -0.05) is 48.9 Å². The number of nitrogens with one attached hydrogen (secondary N) is 2. The summed E-state index contributed by atoms with van der Waals surface area (Å²) in [5.41, 5.74) is 8.73. The molecule has 0 radical (unpaired) electrons. The van der Waals surface area contributed by atoms with Gasteiger partial charge in [-0.3, -0.25) is 19.2 Å². The highest BCUT2D eigenvalue weighted by Crippen LogP contribution is 2.36. The summed E-state index contributed by atoms with van der Waals surface area (Å²) < 4.78 is 35.9. The minimum absolute atomic E-state index is 0.000416. The zero-order valence-electron chi connectivity index (χ0n) is 27.5. The van der Waals surface area contributed by atoms with Crippen LogP contribution in [0.5, 0.6) is 5.75 Å². The molecule has 0 aromatic heterocycles. The molecule has 0 saturated heterocycles. The molecule has 3 atom stereocenters. The summed E-state index contributed by atoms with van der Waals surface area (Å²) in [5.74, 6) is -0.737. The summed E-state index contributed by atoms with van der Waals surface area (Å²) in [5, 5.41) is 13.2. The van der Waals surface area contributed by atoms with Crippen molar-refractivity contribution in [3.8, 4) is 5.75 Å². The highest BCUT2D eigenvalue weighted by Gasteiger charge is 2.35. The van der Waals surface area contributed by atoms with Crippen LogP contribution in [0.3, 0.4) is 0 Å². The summed E-state index contributed by atoms with van der Waals surface area (Å²) >= 11 is 5.97. The number of aliphatic hydroxyl groups is 1. The van der Waals surface area contributed by atoms with Crippen LogP contribution in [0.15, 0.2) is 95.9 Å². The van der Waals surface area contributed by atoms with Crippen molar-refractivity contribution in [1.29, 1.82) is 0 Å². The molecule has 4 aromatic carbocycles. The van der Waals surface area contributed by atoms with Crippen molar-refractivity contribution in [2.45, 2.75) is 37.4 Å². The summed E-state index contributed by atoms with van der Waals surface area (Å²) in [4.78, 5) is 30.3. The lowest BCUT2D eigenvalue weighted by molar-refractivity contribution is 0.0344. The van der Waals surface area contributed by atoms with Crippen LogP contribution in [0.25, 0.3) is 0 Å². The SMILES string of the molecule is C[C@@H]1CN([C@@H](C)CO)C(=O)c2cccc(NS(=O)(=O)c3ccc(Cl)cc3)c2O[C@H]1CN(C)Cc1ccc(C(=O)Nc2ccccc2N)cc1. The number of ether oxygens (including phenoxy) is 1. The van der Waals surface area contributed by atoms with Gasteiger partial charge < -0.3 is 25.8 Å². The largest absolute Gasteiger partial charge is 0.486 e. The molecule has 5 rings (SSSR count). The summed E-state index contributed by atoms with van der Waals surface area (Å²) in [7, 11) is -2.13. The lowest BCUT2D eigenvalue weighted by atomic mass is 9.99. The number of aliphatic hydroxyl groups excluding tert-OH is 1. The number of carbonyl (C=O) groups is 2. The average molecular weight is 706 g/mol. The molecule has 258 valence electrons. The van der Waals surface area contributed by atoms with E-state index in [1.165, 1.54) is 24.3 Å². The van der Waals surface area contributed by atoms with E-state index < -0.39 is 22.2 Å². The van der Waals surface area contributed by atoms with Gasteiger partial charge in [-0.25, -0.2) is 8.42 Å². The number of fused-ring (bicyclic) bond motifs is 1. The number of halogens is 1. The first-order valence-electron chi connectivity index (χ1n) is 15.8. The third kappa shape index (κ3) is 8.52. The Kier molecular flexibility index (Phi) is 11.1. The molecule has 1 aliphatic rings. The molecule has 5 N–H and O–H groups in total. The fourth-order valence-electron chi connectivity index (χ4n) is 5.61. The lowest BCUT2D eigenvalue weighted by Crippen LogP contribution is -2.49. The smallest absolute Gasteiger partial charge is 0.262 e. The van der Waals surface area contributed by atoms with Crippen LogP contribution in [0.2, 0.25) is 5.02 Å². The van der Waals surface area contributed by atoms with Gasteiger partial charge in [0.25, 0.3) is 21.8 Å². The number of benzene rings is 4. The van der Waals surface area contributed by atoms with Gasteiger partial charge in [-0.15, -0.1) is 0 Å². The van der Waals surface area contributed by atoms with Crippen LogP contribution in [0.1, 0.15) is 40.1 Å². The molecule has 0 aliphatic carbocycles. The van der Waals surface area contributed by atoms with Crippen molar-refractivity contribution in [1.82, 2.24) is 9.80 Å². The molecule has 11 nitrogen and oxygen atoms in total. The van der Waals surface area contributed by atoms with Crippen molar-refractivity contribution in [2.24, 2.45) is 5.92 Å². The number of para-hydroxylation sites is 3. The second-order valence-corrected chi connectivity index (χ2v) is 14.4. The second kappa shape index (κ2) is 15.3. The molecular weight excluding hydrogens is 666 g/mol. The molecule has 0 bridgehead atoms. The van der Waals surface area contributed by atoms with Crippen molar-refractivity contribution in [3.05, 3.63) is 113 Å². The van der Waals surface area contributed by atoms with Gasteiger partial charge in [0.1, 0.15) is 6.10 Å². The van der Waals surface area contributed by atoms with Crippen molar-refractivity contribution < 1.29 is 27.9 Å². The molecular formula is C36H40ClN5O6S. The molecule has 1 heterocycles. The summed E-state index contributed by atoms with van der Waals surface area (Å²) in [6.07, 6.45) is -0.479. The Morgan fingerprint density at radius 3 is 2.39 bits per heavy atom. The first kappa shape index (κ1) is 35.7. The number of anilines is 3. The van der Waals surface area contributed by atoms with Crippen molar-refractivity contribution in [2.75, 3.05) is 42.5 Å². The van der Waals surface area contributed by atoms with E-state index in [2.05, 4.69) is 14.9 Å². The van der Waals surface area contributed by atoms with E-state index in [-0.39, 0.29) is 46.2 Å². The molecule has 13 heteroatoms. The zero-order chi connectivity index (χ0) is 35.3. The van der Waals surface area contributed by atoms with Gasteiger partial charge in [0.15, 0.2) is 5.75 Å². The number of nitrogens with two attached hydrogens (primary N) is 1. The number of carbonyl (C=O) groups excluding carboxylic acids is 2. The topological polar surface area (TPSA) is 154 Å². The molecule has 1 aliphatic heterocycles. The van der Waals surface area contributed by atoms with Crippen LogP contribution >= 0.6 is 11.6 Å². The third-order valence-corrected chi connectivity index (χ3v) is 10.1. The first-order valence-corrected chi connectivity index (χ1v) is 17.7. The number of hydrogen-bond donors (Lipinski definition) is 4. The molecule has 49 heavy (non-hydrogen) atoms. The molecule has 2 amide bonds. The van der Waals surface area contributed by atoms with Crippen molar-refractivity contribution >= 4 is 50.5 Å². The number of rotatable bonds is 11. The van der Waals surface area contributed by atoms with Crippen LogP contribution < -0.4 is 20.5 Å². The van der Waals surface area contributed by atoms with Gasteiger partial charge >= 0.3 is 0 Å². The number of nitrogens with zero attached hydrogens (tertiary/aromatic N) is 2. The van der Waals surface area contributed by atoms with Gasteiger partial charge in [0.05, 0.1) is 40.2 Å². The molecule has 0 saturated carbocycles. The highest BCUT2D eigenvalue weighted by atomic mass is 35.5. The number of nitrogen functional groups attached to an aromatic ring is 1. The van der Waals surface area contributed by atoms with E-state index in [0.717, 1.165) is 5.56 Å². The Morgan fingerprint density at radius 2 is 1.71 bits per heavy atom. The maximum Gasteiger partial charge on any atom is 0.262 e. The van der Waals surface area contributed by atoms with Gasteiger partial charge in [0.2, 0.25) is 0 Å². The van der Waals surface area contributed by atoms with E-state index in [9.17, 15) is 23.1 Å². The van der Waals surface area contributed by atoms with Crippen molar-refractivity contribution in [3.63, 3.8) is 0 Å². The maximum atomic E-state index is 13.8. The Morgan fingerprint density at radius 1 is 1.04 bits per heavy atom. The predicted molar refractivity (Wildman–Crippen MR) is 191 cm³/mol. The summed E-state index contributed by atoms with van der Waals surface area (Å²) in [6, 6.07) is 24.3. The summed E-state index contributed by atoms with van der Waals surface area (Å²) in [6.45, 7) is 4.74. The fraction of sp³-hybridized carbons (Fsp3) is 0.278. The fourth-order valence-corrected chi connectivity index (χ4v) is 6.80. The standard InChI is InChI=1S/C36H40ClN5O6S/c1-23-19-42(24(2)22-43)36(45)29-7-6-10-32(40-49(46,47)28-17-15-27(37)16-18-28)34(29)48-33(23)21-41(3)20-25-11-13-26(14-12-25)35(44)39-31-9-5-4-8-30(31)38/h4-18,23-24,33,40,43H,19-22,38H2,1-3H3,(H,39,44)/t23-,24+,33+/m1/s1. The average Bonchev–Trinajstić information content (AvgIpc) is 3.07. The predicted octanol–water partition coefficient (Wildman–Crippen LogP) is 5.33. The van der Waals surface area contributed by atoms with Crippen LogP contribution in [0.4, 0.5) is 17.1 Å². The van der Waals surface area contributed by atoms with E-state index in [1.807, 2.05) is 26.1 Å². The van der Waals surface area contributed by atoms with Crippen LogP contribution in [-0.4, -0.2) is 74.0 Å². The van der Waals surface area contributed by atoms with E-state index in [1.54, 1.807) is 66.4 Å². The first-order chi connectivity index (χ1) is 23.4. The maximum absolute atomic E-state index is 13.8. The number of sulfonamides is 1. The molecule has 0 unspecified atom stereocenters. The number of likely N-dealkylation sites (N-methyl/N-ethyl adjacent to an activating group) is 1. The minimum atomic E-state index is -4.06. The molecule has 4 aromatic rings. The van der Waals surface area contributed by atoms with Crippen LogP contribution in [-0.2, 0) is 16.6 Å².